The Labute approximate surface area is 97.2 Å². The molecule has 0 radical (unpaired) electrons. The molecule has 4 N–H and O–H groups in total. The fourth-order valence-electron chi connectivity index (χ4n) is 2.32. The van der Waals surface area contributed by atoms with Gasteiger partial charge in [-0.2, -0.15) is 4.98 Å². The number of aromatic nitrogens is 3. The summed E-state index contributed by atoms with van der Waals surface area (Å²) in [5.74, 6) is 0.371. The van der Waals surface area contributed by atoms with Crippen LogP contribution in [0.15, 0.2) is 4.79 Å². The minimum atomic E-state index is -0.436. The molecule has 3 heterocycles. The average Bonchev–Trinajstić information content (AvgIpc) is 2.53. The van der Waals surface area contributed by atoms with Crippen LogP contribution in [0.25, 0.3) is 11.0 Å². The molecule has 0 saturated heterocycles. The number of nitrogen functional groups attached to an aromatic ring is 1. The van der Waals surface area contributed by atoms with E-state index in [0.717, 1.165) is 23.1 Å². The van der Waals surface area contributed by atoms with Crippen molar-refractivity contribution in [3.05, 3.63) is 21.7 Å². The van der Waals surface area contributed by atoms with Crippen molar-refractivity contribution in [2.75, 3.05) is 5.73 Å². The van der Waals surface area contributed by atoms with Crippen molar-refractivity contribution < 1.29 is 4.74 Å². The minimum absolute atomic E-state index is 0.218. The number of fused-ring (bicyclic) bond motifs is 3. The molecule has 0 spiro atoms. The molecule has 1 aliphatic rings. The molecule has 0 unspecified atom stereocenters. The summed E-state index contributed by atoms with van der Waals surface area (Å²) in [5, 5.41) is 0.816. The van der Waals surface area contributed by atoms with Crippen molar-refractivity contribution in [1.29, 1.82) is 0 Å². The maximum absolute atomic E-state index is 11.2. The third-order valence-corrected chi connectivity index (χ3v) is 3.11. The first kappa shape index (κ1) is 10.3. The van der Waals surface area contributed by atoms with Crippen LogP contribution < -0.4 is 11.4 Å². The predicted molar refractivity (Wildman–Crippen MR) is 63.7 cm³/mol. The minimum Gasteiger partial charge on any atom is -0.385 e. The van der Waals surface area contributed by atoms with Crippen LogP contribution in [-0.2, 0) is 17.8 Å². The van der Waals surface area contributed by atoms with Gasteiger partial charge in [0.25, 0.3) is 0 Å². The van der Waals surface area contributed by atoms with Gasteiger partial charge in [-0.1, -0.05) is 0 Å². The van der Waals surface area contributed by atoms with Crippen molar-refractivity contribution in [2.45, 2.75) is 32.5 Å². The first-order chi connectivity index (χ1) is 7.96. The van der Waals surface area contributed by atoms with Gasteiger partial charge in [0.1, 0.15) is 11.5 Å². The summed E-state index contributed by atoms with van der Waals surface area (Å²) in [7, 11) is 0. The van der Waals surface area contributed by atoms with Crippen LogP contribution in [0.1, 0.15) is 25.1 Å². The van der Waals surface area contributed by atoms with Crippen LogP contribution >= 0.6 is 0 Å². The molecular weight excluding hydrogens is 220 g/mol. The highest BCUT2D eigenvalue weighted by Crippen LogP contribution is 2.33. The SMILES string of the molecule is CC1(C)Cc2c([nH]c3nc(=O)[nH]c(N)c23)CO1. The van der Waals surface area contributed by atoms with Gasteiger partial charge in [0, 0.05) is 12.1 Å². The zero-order valence-corrected chi connectivity index (χ0v) is 9.76. The lowest BCUT2D eigenvalue weighted by molar-refractivity contribution is -0.0410. The molecule has 3 rings (SSSR count). The molecule has 0 aromatic carbocycles. The third kappa shape index (κ3) is 1.52. The summed E-state index contributed by atoms with van der Waals surface area (Å²) < 4.78 is 5.70. The molecule has 17 heavy (non-hydrogen) atoms. The first-order valence-corrected chi connectivity index (χ1v) is 5.49. The predicted octanol–water partition coefficient (Wildman–Crippen LogP) is 0.685. The maximum atomic E-state index is 11.2. The summed E-state index contributed by atoms with van der Waals surface area (Å²) in [4.78, 5) is 20.8. The second-order valence-corrected chi connectivity index (χ2v) is 4.99. The molecule has 0 aliphatic carbocycles. The van der Waals surface area contributed by atoms with E-state index < -0.39 is 5.69 Å². The van der Waals surface area contributed by atoms with Crippen LogP contribution in [0.2, 0.25) is 0 Å². The molecule has 0 bridgehead atoms. The van der Waals surface area contributed by atoms with Gasteiger partial charge in [0.15, 0.2) is 0 Å². The van der Waals surface area contributed by atoms with Gasteiger partial charge in [0.05, 0.1) is 17.6 Å². The summed E-state index contributed by atoms with van der Waals surface area (Å²) >= 11 is 0. The quantitative estimate of drug-likeness (QED) is 0.624. The first-order valence-electron chi connectivity index (χ1n) is 5.49. The number of hydrogen-bond acceptors (Lipinski definition) is 4. The van der Waals surface area contributed by atoms with E-state index in [-0.39, 0.29) is 5.60 Å². The molecule has 0 atom stereocenters. The smallest absolute Gasteiger partial charge is 0.348 e. The van der Waals surface area contributed by atoms with E-state index in [9.17, 15) is 4.79 Å². The van der Waals surface area contributed by atoms with Crippen LogP contribution in [0, 0.1) is 0 Å². The fourth-order valence-corrected chi connectivity index (χ4v) is 2.32. The standard InChI is InChI=1S/C11H14N4O2/c1-11(2)3-5-6(4-17-11)13-9-7(5)8(12)14-10(16)15-9/h3-4H2,1-2H3,(H4,12,13,14,15,16). The Morgan fingerprint density at radius 2 is 2.18 bits per heavy atom. The van der Waals surface area contributed by atoms with E-state index in [4.69, 9.17) is 10.5 Å². The number of aromatic amines is 2. The van der Waals surface area contributed by atoms with E-state index in [2.05, 4.69) is 15.0 Å². The maximum Gasteiger partial charge on any atom is 0.348 e. The van der Waals surface area contributed by atoms with Crippen molar-refractivity contribution in [3.8, 4) is 0 Å². The van der Waals surface area contributed by atoms with E-state index in [0.29, 0.717) is 18.1 Å². The zero-order valence-electron chi connectivity index (χ0n) is 9.76. The van der Waals surface area contributed by atoms with Crippen LogP contribution in [0.3, 0.4) is 0 Å². The Kier molecular flexibility index (Phi) is 1.89. The number of H-pyrrole nitrogens is 2. The Hall–Kier alpha value is -1.82. The van der Waals surface area contributed by atoms with E-state index in [1.807, 2.05) is 13.8 Å². The van der Waals surface area contributed by atoms with Crippen LogP contribution in [-0.4, -0.2) is 20.6 Å². The van der Waals surface area contributed by atoms with E-state index in [1.54, 1.807) is 0 Å². The summed E-state index contributed by atoms with van der Waals surface area (Å²) in [6.07, 6.45) is 0.750. The van der Waals surface area contributed by atoms with Gasteiger partial charge >= 0.3 is 5.69 Å². The molecule has 0 saturated carbocycles. The number of rotatable bonds is 0. The monoisotopic (exact) mass is 234 g/mol. The van der Waals surface area contributed by atoms with Gasteiger partial charge in [-0.25, -0.2) is 4.79 Å². The molecular formula is C11H14N4O2. The lowest BCUT2D eigenvalue weighted by Crippen LogP contribution is -2.31. The summed E-state index contributed by atoms with van der Waals surface area (Å²) in [6.45, 7) is 4.56. The third-order valence-electron chi connectivity index (χ3n) is 3.11. The van der Waals surface area contributed by atoms with E-state index >= 15 is 0 Å². The van der Waals surface area contributed by atoms with Gasteiger partial charge in [-0.15, -0.1) is 0 Å². The Morgan fingerprint density at radius 1 is 1.41 bits per heavy atom. The molecule has 90 valence electrons. The normalized spacial score (nSPS) is 18.2. The average molecular weight is 234 g/mol. The lowest BCUT2D eigenvalue weighted by atomic mass is 9.94. The zero-order chi connectivity index (χ0) is 12.2. The highest BCUT2D eigenvalue weighted by Gasteiger charge is 2.30. The molecule has 6 nitrogen and oxygen atoms in total. The second-order valence-electron chi connectivity index (χ2n) is 4.99. The van der Waals surface area contributed by atoms with Crippen molar-refractivity contribution >= 4 is 16.9 Å². The summed E-state index contributed by atoms with van der Waals surface area (Å²) in [6, 6.07) is 0. The highest BCUT2D eigenvalue weighted by molar-refractivity contribution is 5.90. The molecule has 6 heteroatoms. The molecule has 1 aliphatic heterocycles. The van der Waals surface area contributed by atoms with Crippen molar-refractivity contribution in [2.24, 2.45) is 0 Å². The topological polar surface area (TPSA) is 96.8 Å². The van der Waals surface area contributed by atoms with Gasteiger partial charge in [0.2, 0.25) is 0 Å². The number of anilines is 1. The Bertz CT molecular complexity index is 653. The molecule has 0 fully saturated rings. The molecule has 2 aromatic heterocycles. The van der Waals surface area contributed by atoms with Crippen LogP contribution in [0.5, 0.6) is 0 Å². The Balaban J connectivity index is 2.32. The number of nitrogens with two attached hydrogens (primary N) is 1. The lowest BCUT2D eigenvalue weighted by Gasteiger charge is -2.30. The Morgan fingerprint density at radius 3 is 2.94 bits per heavy atom. The molecule has 0 amide bonds. The van der Waals surface area contributed by atoms with Crippen LogP contribution in [0.4, 0.5) is 5.82 Å². The molecule has 2 aromatic rings. The largest absolute Gasteiger partial charge is 0.385 e. The fraction of sp³-hybridized carbons (Fsp3) is 0.455. The number of nitrogens with one attached hydrogen (secondary N) is 2. The second kappa shape index (κ2) is 3.10. The highest BCUT2D eigenvalue weighted by atomic mass is 16.5. The van der Waals surface area contributed by atoms with Crippen molar-refractivity contribution in [3.63, 3.8) is 0 Å². The van der Waals surface area contributed by atoms with Gasteiger partial charge in [-0.05, 0) is 19.4 Å². The van der Waals surface area contributed by atoms with Crippen molar-refractivity contribution in [1.82, 2.24) is 15.0 Å². The van der Waals surface area contributed by atoms with E-state index in [1.165, 1.54) is 0 Å². The number of hydrogen-bond donors (Lipinski definition) is 3. The van der Waals surface area contributed by atoms with Gasteiger partial charge in [-0.3, -0.25) is 4.98 Å². The van der Waals surface area contributed by atoms with Gasteiger partial charge < -0.3 is 15.5 Å². The summed E-state index contributed by atoms with van der Waals surface area (Å²) in [5.41, 5.74) is 7.79. The number of nitrogens with zero attached hydrogens (tertiary/aromatic N) is 1. The number of ether oxygens (including phenoxy) is 1.